The van der Waals surface area contributed by atoms with E-state index in [1.54, 1.807) is 13.2 Å². The second kappa shape index (κ2) is 13.1. The molecule has 37 heavy (non-hydrogen) atoms. The number of hydrogen-bond acceptors (Lipinski definition) is 6. The lowest BCUT2D eigenvalue weighted by Crippen LogP contribution is -2.18. The van der Waals surface area contributed by atoms with Crippen molar-refractivity contribution in [1.29, 1.82) is 5.26 Å². The molecular weight excluding hydrogens is 462 g/mol. The van der Waals surface area contributed by atoms with Crippen molar-refractivity contribution in [3.8, 4) is 28.7 Å². The second-order valence-electron chi connectivity index (χ2n) is 8.55. The van der Waals surface area contributed by atoms with Crippen molar-refractivity contribution in [3.63, 3.8) is 0 Å². The van der Waals surface area contributed by atoms with Crippen molar-refractivity contribution in [2.24, 2.45) is 0 Å². The van der Waals surface area contributed by atoms with Crippen LogP contribution in [0.4, 0.5) is 5.69 Å². The van der Waals surface area contributed by atoms with Crippen LogP contribution in [0, 0.1) is 11.3 Å². The van der Waals surface area contributed by atoms with Crippen molar-refractivity contribution in [1.82, 2.24) is 5.32 Å². The smallest absolute Gasteiger partial charge is 0.149 e. The first kappa shape index (κ1) is 25.8. The number of rotatable bonds is 12. The van der Waals surface area contributed by atoms with Crippen LogP contribution in [0.2, 0.25) is 0 Å². The number of nitrogens with one attached hydrogen (secondary N) is 2. The van der Waals surface area contributed by atoms with Crippen LogP contribution in [-0.2, 0) is 19.7 Å². The monoisotopic (exact) mass is 493 g/mol. The average Bonchev–Trinajstić information content (AvgIpc) is 2.96. The highest BCUT2D eigenvalue weighted by atomic mass is 16.5. The summed E-state index contributed by atoms with van der Waals surface area (Å²) in [5.74, 6) is 1.57. The molecule has 4 aromatic carbocycles. The average molecular weight is 494 g/mol. The van der Waals surface area contributed by atoms with Crippen LogP contribution in [0.15, 0.2) is 91.0 Å². The van der Waals surface area contributed by atoms with Gasteiger partial charge in [0.1, 0.15) is 18.1 Å². The summed E-state index contributed by atoms with van der Waals surface area (Å²) in [5, 5.41) is 25.1. The lowest BCUT2D eigenvalue weighted by atomic mass is 10.0. The normalized spacial score (nSPS) is 10.5. The third-order valence-electron chi connectivity index (χ3n) is 5.97. The van der Waals surface area contributed by atoms with Crippen molar-refractivity contribution < 1.29 is 14.6 Å². The van der Waals surface area contributed by atoms with Crippen molar-refractivity contribution >= 4 is 5.69 Å². The molecule has 0 amide bonds. The predicted molar refractivity (Wildman–Crippen MR) is 146 cm³/mol. The Morgan fingerprint density at radius 2 is 1.70 bits per heavy atom. The molecule has 0 fully saturated rings. The van der Waals surface area contributed by atoms with E-state index in [0.29, 0.717) is 31.8 Å². The van der Waals surface area contributed by atoms with Gasteiger partial charge >= 0.3 is 0 Å². The molecule has 0 atom stereocenters. The molecule has 6 nitrogen and oxygen atoms in total. The number of hydrogen-bond donors (Lipinski definition) is 3. The van der Waals surface area contributed by atoms with Crippen molar-refractivity contribution in [3.05, 3.63) is 113 Å². The molecule has 0 heterocycles. The zero-order valence-corrected chi connectivity index (χ0v) is 20.9. The van der Waals surface area contributed by atoms with E-state index in [1.165, 1.54) is 0 Å². The third-order valence-corrected chi connectivity index (χ3v) is 5.97. The Balaban J connectivity index is 1.51. The number of aliphatic hydroxyl groups is 1. The van der Waals surface area contributed by atoms with Gasteiger partial charge in [-0.2, -0.15) is 5.26 Å². The molecule has 4 rings (SSSR count). The number of aliphatic hydroxyl groups excluding tert-OH is 1. The number of nitriles is 1. The van der Waals surface area contributed by atoms with E-state index < -0.39 is 0 Å². The zero-order valence-electron chi connectivity index (χ0n) is 20.9. The summed E-state index contributed by atoms with van der Waals surface area (Å²) in [4.78, 5) is 0. The van der Waals surface area contributed by atoms with Gasteiger partial charge in [0.05, 0.1) is 31.0 Å². The van der Waals surface area contributed by atoms with Gasteiger partial charge in [0.15, 0.2) is 0 Å². The topological polar surface area (TPSA) is 86.5 Å². The second-order valence-corrected chi connectivity index (χ2v) is 8.55. The molecule has 0 aromatic heterocycles. The van der Waals surface area contributed by atoms with Crippen molar-refractivity contribution in [2.45, 2.75) is 19.7 Å². The SMILES string of the molecule is COc1c(NCc2ccc(OCc3cccc(C#N)c3)c(CNCCO)c2)cccc1-c1ccccc1. The summed E-state index contributed by atoms with van der Waals surface area (Å²) < 4.78 is 11.9. The van der Waals surface area contributed by atoms with Gasteiger partial charge in [-0.3, -0.25) is 0 Å². The molecular formula is C31H31N3O3. The van der Waals surface area contributed by atoms with E-state index in [4.69, 9.17) is 14.7 Å². The van der Waals surface area contributed by atoms with Gasteiger partial charge in [0, 0.05) is 30.8 Å². The van der Waals surface area contributed by atoms with Gasteiger partial charge in [-0.25, -0.2) is 0 Å². The summed E-state index contributed by atoms with van der Waals surface area (Å²) in [7, 11) is 1.69. The third kappa shape index (κ3) is 6.89. The van der Waals surface area contributed by atoms with E-state index in [-0.39, 0.29) is 6.61 Å². The number of anilines is 1. The van der Waals surface area contributed by atoms with Crippen LogP contribution in [-0.4, -0.2) is 25.4 Å². The van der Waals surface area contributed by atoms with Crippen LogP contribution in [0.25, 0.3) is 11.1 Å². The Labute approximate surface area is 218 Å². The predicted octanol–water partition coefficient (Wildman–Crippen LogP) is 5.51. The molecule has 0 aliphatic heterocycles. The van der Waals surface area contributed by atoms with Crippen LogP contribution in [0.1, 0.15) is 22.3 Å². The van der Waals surface area contributed by atoms with Crippen molar-refractivity contribution in [2.75, 3.05) is 25.6 Å². The van der Waals surface area contributed by atoms with E-state index in [9.17, 15) is 5.11 Å². The van der Waals surface area contributed by atoms with Gasteiger partial charge < -0.3 is 25.2 Å². The molecule has 3 N–H and O–H groups in total. The van der Waals surface area contributed by atoms with Crippen LogP contribution in [0.5, 0.6) is 11.5 Å². The summed E-state index contributed by atoms with van der Waals surface area (Å²) >= 11 is 0. The lowest BCUT2D eigenvalue weighted by Gasteiger charge is -2.17. The quantitative estimate of drug-likeness (QED) is 0.226. The fourth-order valence-corrected chi connectivity index (χ4v) is 4.15. The van der Waals surface area contributed by atoms with Crippen LogP contribution < -0.4 is 20.1 Å². The van der Waals surface area contributed by atoms with Gasteiger partial charge in [-0.1, -0.05) is 60.7 Å². The fraction of sp³-hybridized carbons (Fsp3) is 0.194. The van der Waals surface area contributed by atoms with E-state index in [1.807, 2.05) is 60.7 Å². The van der Waals surface area contributed by atoms with E-state index in [0.717, 1.165) is 45.0 Å². The highest BCUT2D eigenvalue weighted by Gasteiger charge is 2.12. The maximum atomic E-state index is 9.19. The largest absolute Gasteiger partial charge is 0.494 e. The highest BCUT2D eigenvalue weighted by molar-refractivity contribution is 5.78. The maximum Gasteiger partial charge on any atom is 0.149 e. The Hall–Kier alpha value is -4.31. The van der Waals surface area contributed by atoms with Crippen LogP contribution >= 0.6 is 0 Å². The molecule has 0 aliphatic carbocycles. The summed E-state index contributed by atoms with van der Waals surface area (Å²) in [6.07, 6.45) is 0. The van der Waals surface area contributed by atoms with Crippen LogP contribution in [0.3, 0.4) is 0 Å². The Morgan fingerprint density at radius 1 is 0.865 bits per heavy atom. The molecule has 0 unspecified atom stereocenters. The lowest BCUT2D eigenvalue weighted by molar-refractivity contribution is 0.288. The van der Waals surface area contributed by atoms with E-state index in [2.05, 4.69) is 41.0 Å². The summed E-state index contributed by atoms with van der Waals surface area (Å²) in [6, 6.07) is 32.0. The summed E-state index contributed by atoms with van der Waals surface area (Å²) in [5.41, 5.74) is 6.68. The Bertz CT molecular complexity index is 1350. The standard InChI is InChI=1S/C31H31N3O3/c1-36-31-28(26-9-3-2-4-10-26)11-6-12-29(31)34-20-24-13-14-30(27(18-24)21-33-15-16-35)37-22-25-8-5-7-23(17-25)19-32/h2-14,17-18,33-35H,15-16,20-22H2,1H3. The van der Waals surface area contributed by atoms with Gasteiger partial charge in [-0.05, 0) is 47.0 Å². The molecule has 4 aromatic rings. The molecule has 0 spiro atoms. The van der Waals surface area contributed by atoms with Gasteiger partial charge in [0.2, 0.25) is 0 Å². The Morgan fingerprint density at radius 3 is 2.49 bits per heavy atom. The molecule has 0 radical (unpaired) electrons. The first-order chi connectivity index (χ1) is 18.2. The molecule has 188 valence electrons. The van der Waals surface area contributed by atoms with E-state index >= 15 is 0 Å². The number of nitrogens with zero attached hydrogens (tertiary/aromatic N) is 1. The fourth-order valence-electron chi connectivity index (χ4n) is 4.15. The van der Waals surface area contributed by atoms with Gasteiger partial charge in [-0.15, -0.1) is 0 Å². The molecule has 0 saturated heterocycles. The maximum absolute atomic E-state index is 9.19. The number of benzene rings is 4. The molecule has 0 bridgehead atoms. The number of para-hydroxylation sites is 1. The highest BCUT2D eigenvalue weighted by Crippen LogP contribution is 2.36. The first-order valence-electron chi connectivity index (χ1n) is 12.2. The minimum atomic E-state index is 0.0654. The number of ether oxygens (including phenoxy) is 2. The van der Waals surface area contributed by atoms with Gasteiger partial charge in [0.25, 0.3) is 0 Å². The molecule has 0 aliphatic rings. The minimum Gasteiger partial charge on any atom is -0.494 e. The number of methoxy groups -OCH3 is 1. The molecule has 6 heteroatoms. The zero-order chi connectivity index (χ0) is 25.9. The molecule has 0 saturated carbocycles. The minimum absolute atomic E-state index is 0.0654. The Kier molecular flexibility index (Phi) is 9.14. The summed E-state index contributed by atoms with van der Waals surface area (Å²) in [6.45, 7) is 2.09. The first-order valence-corrected chi connectivity index (χ1v) is 12.2.